The Bertz CT molecular complexity index is 867. The van der Waals surface area contributed by atoms with Crippen LogP contribution < -0.4 is 14.8 Å². The van der Waals surface area contributed by atoms with Crippen LogP contribution in [-0.2, 0) is 22.4 Å². The van der Waals surface area contributed by atoms with E-state index in [4.69, 9.17) is 14.2 Å². The van der Waals surface area contributed by atoms with Gasteiger partial charge in [-0.2, -0.15) is 0 Å². The maximum atomic E-state index is 12.5. The van der Waals surface area contributed by atoms with Gasteiger partial charge in [-0.3, -0.25) is 4.79 Å². The molecule has 0 fully saturated rings. The van der Waals surface area contributed by atoms with Gasteiger partial charge >= 0.3 is 5.97 Å². The quantitative estimate of drug-likeness (QED) is 0.620. The molecule has 7 heteroatoms. The summed E-state index contributed by atoms with van der Waals surface area (Å²) < 4.78 is 16.4. The molecule has 0 bridgehead atoms. The Hall–Kier alpha value is -2.54. The molecule has 0 saturated heterocycles. The zero-order valence-electron chi connectivity index (χ0n) is 15.8. The molecular formula is C21H23NO5S. The number of amides is 1. The number of nitrogens with one attached hydrogen (secondary N) is 1. The van der Waals surface area contributed by atoms with Crippen LogP contribution >= 0.6 is 11.3 Å². The summed E-state index contributed by atoms with van der Waals surface area (Å²) in [7, 11) is 0. The fraction of sp³-hybridized carbons (Fsp3) is 0.429. The van der Waals surface area contributed by atoms with Crippen molar-refractivity contribution >= 4 is 28.9 Å². The maximum Gasteiger partial charge on any atom is 0.349 e. The summed E-state index contributed by atoms with van der Waals surface area (Å²) in [5.74, 6) is 0.418. The molecule has 1 aromatic heterocycles. The Kier molecular flexibility index (Phi) is 5.52. The predicted octanol–water partition coefficient (Wildman–Crippen LogP) is 3.97. The van der Waals surface area contributed by atoms with Crippen LogP contribution in [-0.4, -0.2) is 31.2 Å². The molecule has 2 aromatic rings. The molecule has 1 aliphatic heterocycles. The lowest BCUT2D eigenvalue weighted by Gasteiger charge is -2.19. The number of rotatable bonds is 4. The van der Waals surface area contributed by atoms with Crippen LogP contribution in [0.5, 0.6) is 11.5 Å². The van der Waals surface area contributed by atoms with E-state index in [1.807, 2.05) is 6.07 Å². The number of thiophene rings is 1. The number of carbonyl (C=O) groups is 2. The third kappa shape index (κ3) is 4.14. The first-order valence-corrected chi connectivity index (χ1v) is 10.4. The minimum absolute atomic E-state index is 0.386. The molecule has 28 heavy (non-hydrogen) atoms. The van der Waals surface area contributed by atoms with Crippen molar-refractivity contribution in [3.63, 3.8) is 0 Å². The Morgan fingerprint density at radius 3 is 2.71 bits per heavy atom. The highest BCUT2D eigenvalue weighted by molar-refractivity contribution is 7.14. The van der Waals surface area contributed by atoms with Gasteiger partial charge in [-0.25, -0.2) is 4.79 Å². The number of carbonyl (C=O) groups excluding carboxylic acids is 2. The highest BCUT2D eigenvalue weighted by Gasteiger charge is 2.23. The van der Waals surface area contributed by atoms with E-state index in [0.29, 0.717) is 35.3 Å². The predicted molar refractivity (Wildman–Crippen MR) is 107 cm³/mol. The summed E-state index contributed by atoms with van der Waals surface area (Å²) in [6.45, 7) is 2.56. The van der Waals surface area contributed by atoms with Gasteiger partial charge in [-0.1, -0.05) is 6.42 Å². The molecular weight excluding hydrogens is 378 g/mol. The first-order valence-electron chi connectivity index (χ1n) is 9.63. The minimum Gasteiger partial charge on any atom is -0.486 e. The van der Waals surface area contributed by atoms with Gasteiger partial charge in [0.1, 0.15) is 18.1 Å². The van der Waals surface area contributed by atoms with E-state index in [1.54, 1.807) is 25.1 Å². The molecule has 6 nitrogen and oxygen atoms in total. The van der Waals surface area contributed by atoms with Gasteiger partial charge < -0.3 is 19.5 Å². The standard InChI is InChI=1S/C21H23NO5S/c1-13(20(23)22-15-7-8-16-17(12-15)26-10-9-25-16)27-21(24)19-11-14-5-3-2-4-6-18(14)28-19/h7-8,11-13H,2-6,9-10H2,1H3,(H,22,23). The van der Waals surface area contributed by atoms with Crippen molar-refractivity contribution in [3.8, 4) is 11.5 Å². The highest BCUT2D eigenvalue weighted by Crippen LogP contribution is 2.33. The third-order valence-electron chi connectivity index (χ3n) is 4.91. The first kappa shape index (κ1) is 18.8. The summed E-state index contributed by atoms with van der Waals surface area (Å²) >= 11 is 1.49. The number of benzene rings is 1. The molecule has 2 aliphatic rings. The Morgan fingerprint density at radius 2 is 1.86 bits per heavy atom. The zero-order valence-corrected chi connectivity index (χ0v) is 16.6. The van der Waals surface area contributed by atoms with Crippen LogP contribution in [0.3, 0.4) is 0 Å². The van der Waals surface area contributed by atoms with E-state index in [1.165, 1.54) is 28.2 Å². The molecule has 0 saturated carbocycles. The summed E-state index contributed by atoms with van der Waals surface area (Å²) in [6, 6.07) is 7.12. The van der Waals surface area contributed by atoms with Crippen LogP contribution in [0.2, 0.25) is 0 Å². The lowest BCUT2D eigenvalue weighted by atomic mass is 10.1. The van der Waals surface area contributed by atoms with E-state index in [0.717, 1.165) is 25.7 Å². The zero-order chi connectivity index (χ0) is 19.5. The van der Waals surface area contributed by atoms with Crippen LogP contribution in [0.25, 0.3) is 0 Å². The van der Waals surface area contributed by atoms with Gasteiger partial charge in [-0.05, 0) is 56.4 Å². The van der Waals surface area contributed by atoms with Gasteiger partial charge in [0.25, 0.3) is 5.91 Å². The van der Waals surface area contributed by atoms with Gasteiger partial charge in [0.15, 0.2) is 17.6 Å². The molecule has 1 N–H and O–H groups in total. The fourth-order valence-electron chi connectivity index (χ4n) is 3.41. The number of fused-ring (bicyclic) bond motifs is 2. The van der Waals surface area contributed by atoms with Crippen molar-refractivity contribution < 1.29 is 23.8 Å². The molecule has 0 spiro atoms. The van der Waals surface area contributed by atoms with Gasteiger partial charge in [0.2, 0.25) is 0 Å². The van der Waals surface area contributed by atoms with Gasteiger partial charge in [-0.15, -0.1) is 11.3 Å². The lowest BCUT2D eigenvalue weighted by Crippen LogP contribution is -2.29. The lowest BCUT2D eigenvalue weighted by molar-refractivity contribution is -0.123. The van der Waals surface area contributed by atoms with E-state index in [-0.39, 0.29) is 5.91 Å². The molecule has 2 heterocycles. The number of hydrogen-bond donors (Lipinski definition) is 1. The molecule has 0 radical (unpaired) electrons. The van der Waals surface area contributed by atoms with Crippen LogP contribution in [0.1, 0.15) is 46.3 Å². The van der Waals surface area contributed by atoms with Crippen LogP contribution in [0.4, 0.5) is 5.69 Å². The second kappa shape index (κ2) is 8.22. The van der Waals surface area contributed by atoms with Gasteiger partial charge in [0, 0.05) is 16.6 Å². The normalized spacial score (nSPS) is 16.5. The SMILES string of the molecule is CC(OC(=O)c1cc2c(s1)CCCCC2)C(=O)Nc1ccc2c(c1)OCCO2. The van der Waals surface area contributed by atoms with Crippen molar-refractivity contribution in [3.05, 3.63) is 39.6 Å². The van der Waals surface area contributed by atoms with Crippen molar-refractivity contribution in [2.45, 2.75) is 45.1 Å². The Morgan fingerprint density at radius 1 is 1.07 bits per heavy atom. The average molecular weight is 401 g/mol. The molecule has 1 unspecified atom stereocenters. The first-order chi connectivity index (χ1) is 13.6. The molecule has 1 amide bonds. The molecule has 4 rings (SSSR count). The van der Waals surface area contributed by atoms with E-state index in [9.17, 15) is 9.59 Å². The number of hydrogen-bond acceptors (Lipinski definition) is 6. The van der Waals surface area contributed by atoms with Crippen molar-refractivity contribution in [2.75, 3.05) is 18.5 Å². The monoisotopic (exact) mass is 401 g/mol. The van der Waals surface area contributed by atoms with E-state index >= 15 is 0 Å². The highest BCUT2D eigenvalue weighted by atomic mass is 32.1. The summed E-state index contributed by atoms with van der Waals surface area (Å²) in [4.78, 5) is 26.8. The smallest absolute Gasteiger partial charge is 0.349 e. The number of anilines is 1. The summed E-state index contributed by atoms with van der Waals surface area (Å²) in [5.41, 5.74) is 1.82. The molecule has 148 valence electrons. The molecule has 1 aromatic carbocycles. The van der Waals surface area contributed by atoms with Crippen LogP contribution in [0, 0.1) is 0 Å². The largest absolute Gasteiger partial charge is 0.486 e. The second-order valence-corrected chi connectivity index (χ2v) is 8.15. The summed E-state index contributed by atoms with van der Waals surface area (Å²) in [6.07, 6.45) is 4.69. The van der Waals surface area contributed by atoms with Crippen molar-refractivity contribution in [1.82, 2.24) is 0 Å². The minimum atomic E-state index is -0.900. The molecule has 1 aliphatic carbocycles. The third-order valence-corrected chi connectivity index (χ3v) is 6.13. The van der Waals surface area contributed by atoms with E-state index in [2.05, 4.69) is 5.32 Å². The van der Waals surface area contributed by atoms with Gasteiger partial charge in [0.05, 0.1) is 0 Å². The molecule has 1 atom stereocenters. The number of esters is 1. The van der Waals surface area contributed by atoms with Crippen molar-refractivity contribution in [2.24, 2.45) is 0 Å². The van der Waals surface area contributed by atoms with E-state index < -0.39 is 12.1 Å². The number of ether oxygens (including phenoxy) is 3. The van der Waals surface area contributed by atoms with Crippen LogP contribution in [0.15, 0.2) is 24.3 Å². The Balaban J connectivity index is 1.37. The fourth-order valence-corrected chi connectivity index (χ4v) is 4.54. The average Bonchev–Trinajstić information content (AvgIpc) is 2.98. The Labute approximate surface area is 167 Å². The van der Waals surface area contributed by atoms with Crippen molar-refractivity contribution in [1.29, 1.82) is 0 Å². The number of aryl methyl sites for hydroxylation is 2. The topological polar surface area (TPSA) is 73.9 Å². The second-order valence-electron chi connectivity index (χ2n) is 7.01. The summed E-state index contributed by atoms with van der Waals surface area (Å²) in [5, 5.41) is 2.76. The maximum absolute atomic E-state index is 12.5.